The van der Waals surface area contributed by atoms with Gasteiger partial charge < -0.3 is 8.23 Å². The highest BCUT2D eigenvalue weighted by molar-refractivity contribution is 6.90. The molecule has 0 aliphatic rings. The zero-order valence-corrected chi connectivity index (χ0v) is 52.9. The molecule has 0 bridgehead atoms. The molecular formula is C64H136O2Si3. The SMILES string of the molecule is CCCCCCCC[Si](CCCCCCCC)(CCCCCCCC)O[Si](CCCCCCCC)(CCCCCCCC)O[Si](CCCCCCCC)(CCCCCCCC)CCCCCCCC. The molecule has 0 aromatic rings. The van der Waals surface area contributed by atoms with Gasteiger partial charge in [0.25, 0.3) is 0 Å². The average molecular weight is 1020 g/mol. The summed E-state index contributed by atoms with van der Waals surface area (Å²) >= 11 is 0. The van der Waals surface area contributed by atoms with E-state index in [-0.39, 0.29) is 0 Å². The van der Waals surface area contributed by atoms with Gasteiger partial charge in [-0.25, -0.2) is 0 Å². The van der Waals surface area contributed by atoms with E-state index in [4.69, 9.17) is 8.23 Å². The number of hydrogen-bond acceptors (Lipinski definition) is 2. The molecule has 0 aromatic carbocycles. The van der Waals surface area contributed by atoms with Gasteiger partial charge in [0.05, 0.1) is 0 Å². The molecule has 0 atom stereocenters. The zero-order valence-electron chi connectivity index (χ0n) is 49.9. The fourth-order valence-corrected chi connectivity index (χ4v) is 31.5. The van der Waals surface area contributed by atoms with Crippen LogP contribution in [0.2, 0.25) is 48.4 Å². The molecule has 0 rings (SSSR count). The van der Waals surface area contributed by atoms with Gasteiger partial charge in [0, 0.05) is 0 Å². The molecule has 0 aliphatic carbocycles. The number of unbranched alkanes of at least 4 members (excludes halogenated alkanes) is 40. The Morgan fingerprint density at radius 1 is 0.159 bits per heavy atom. The van der Waals surface area contributed by atoms with Crippen LogP contribution in [0.5, 0.6) is 0 Å². The van der Waals surface area contributed by atoms with Crippen LogP contribution in [0.1, 0.15) is 364 Å². The van der Waals surface area contributed by atoms with Gasteiger partial charge in [-0.2, -0.15) is 0 Å². The van der Waals surface area contributed by atoms with Gasteiger partial charge in [0.2, 0.25) is 0 Å². The summed E-state index contributed by atoms with van der Waals surface area (Å²) < 4.78 is 17.8. The third kappa shape index (κ3) is 42.5. The first kappa shape index (κ1) is 69.6. The third-order valence-electron chi connectivity index (χ3n) is 16.5. The maximum Gasteiger partial charge on any atom is 0.317 e. The fraction of sp³-hybridized carbons (Fsp3) is 1.00. The molecule has 0 saturated carbocycles. The summed E-state index contributed by atoms with van der Waals surface area (Å²) in [4.78, 5) is 0. The second-order valence-electron chi connectivity index (χ2n) is 23.6. The Kier molecular flexibility index (Phi) is 53.8. The summed E-state index contributed by atoms with van der Waals surface area (Å²) in [6, 6.07) is 11.3. The normalized spacial score (nSPS) is 12.5. The minimum absolute atomic E-state index is 1.32. The van der Waals surface area contributed by atoms with Crippen molar-refractivity contribution in [1.82, 2.24) is 0 Å². The van der Waals surface area contributed by atoms with Crippen molar-refractivity contribution < 1.29 is 8.23 Å². The molecule has 0 amide bonds. The van der Waals surface area contributed by atoms with Crippen LogP contribution in [0, 0.1) is 0 Å². The van der Waals surface area contributed by atoms with Gasteiger partial charge in [0.1, 0.15) is 0 Å². The maximum absolute atomic E-state index is 8.89. The lowest BCUT2D eigenvalue weighted by Gasteiger charge is -2.48. The predicted molar refractivity (Wildman–Crippen MR) is 325 cm³/mol. The van der Waals surface area contributed by atoms with Crippen LogP contribution in [-0.4, -0.2) is 25.2 Å². The van der Waals surface area contributed by atoms with Gasteiger partial charge in [-0.1, -0.05) is 364 Å². The van der Waals surface area contributed by atoms with Crippen molar-refractivity contribution in [2.45, 2.75) is 412 Å². The Morgan fingerprint density at radius 2 is 0.290 bits per heavy atom. The zero-order chi connectivity index (χ0) is 50.5. The van der Waals surface area contributed by atoms with E-state index in [1.54, 1.807) is 0 Å². The van der Waals surface area contributed by atoms with E-state index >= 15 is 0 Å². The largest absolute Gasteiger partial charge is 0.436 e. The predicted octanol–water partition coefficient (Wildman–Crippen LogP) is 25.2. The monoisotopic (exact) mass is 1020 g/mol. The van der Waals surface area contributed by atoms with Crippen molar-refractivity contribution in [2.75, 3.05) is 0 Å². The van der Waals surface area contributed by atoms with Gasteiger partial charge in [-0.3, -0.25) is 0 Å². The summed E-state index contributed by atoms with van der Waals surface area (Å²) in [5.74, 6) is 0. The second-order valence-corrected chi connectivity index (χ2v) is 35.8. The molecule has 0 radical (unpaired) electrons. The van der Waals surface area contributed by atoms with Crippen LogP contribution in [0.15, 0.2) is 0 Å². The van der Waals surface area contributed by atoms with Gasteiger partial charge in [-0.15, -0.1) is 0 Å². The maximum atomic E-state index is 8.89. The highest BCUT2D eigenvalue weighted by atomic mass is 28.5. The van der Waals surface area contributed by atoms with Crippen LogP contribution >= 0.6 is 0 Å². The Bertz CT molecular complexity index is 817. The van der Waals surface area contributed by atoms with Crippen molar-refractivity contribution in [1.29, 1.82) is 0 Å². The number of hydrogen-bond donors (Lipinski definition) is 0. The van der Waals surface area contributed by atoms with E-state index in [1.165, 1.54) is 357 Å². The molecule has 0 aromatic heterocycles. The first-order valence-corrected chi connectivity index (χ1v) is 40.6. The van der Waals surface area contributed by atoms with Gasteiger partial charge in [-0.05, 0) is 48.4 Å². The molecule has 0 fully saturated rings. The Hall–Kier alpha value is 0.571. The van der Waals surface area contributed by atoms with Gasteiger partial charge in [0.15, 0.2) is 16.6 Å². The highest BCUT2D eigenvalue weighted by Crippen LogP contribution is 2.43. The standard InChI is InChI=1S/C64H136O2Si3/c1-9-17-25-33-41-49-57-67(58-50-42-34-26-18-10-2,59-51-43-35-27-19-11-3)65-69(63-55-47-39-31-23-15-7,64-56-48-40-32-24-16-8)66-68(60-52-44-36-28-20-12-4,61-53-45-37-29-21-13-5)62-54-46-38-30-22-14-6/h9-64H2,1-8H3. The van der Waals surface area contributed by atoms with E-state index < -0.39 is 25.2 Å². The first-order valence-electron chi connectivity index (χ1n) is 33.3. The molecular weight excluding hydrogens is 885 g/mol. The molecule has 0 N–H and O–H groups in total. The lowest BCUT2D eigenvalue weighted by Crippen LogP contribution is -2.59. The smallest absolute Gasteiger partial charge is 0.317 e. The second kappa shape index (κ2) is 53.4. The minimum atomic E-state index is -2.57. The molecule has 69 heavy (non-hydrogen) atoms. The third-order valence-corrected chi connectivity index (χ3v) is 32.8. The van der Waals surface area contributed by atoms with Crippen LogP contribution in [0.4, 0.5) is 0 Å². The quantitative estimate of drug-likeness (QED) is 0.0446. The molecule has 0 saturated heterocycles. The van der Waals surface area contributed by atoms with Crippen molar-refractivity contribution in [2.24, 2.45) is 0 Å². The van der Waals surface area contributed by atoms with Crippen molar-refractivity contribution in [3.05, 3.63) is 0 Å². The van der Waals surface area contributed by atoms with Gasteiger partial charge >= 0.3 is 8.56 Å². The minimum Gasteiger partial charge on any atom is -0.436 e. The fourth-order valence-electron chi connectivity index (χ4n) is 11.9. The topological polar surface area (TPSA) is 18.5 Å². The highest BCUT2D eigenvalue weighted by Gasteiger charge is 2.50. The van der Waals surface area contributed by atoms with E-state index in [0.717, 1.165) is 0 Å². The van der Waals surface area contributed by atoms with E-state index in [2.05, 4.69) is 55.4 Å². The Balaban J connectivity index is 7.74. The van der Waals surface area contributed by atoms with E-state index in [9.17, 15) is 0 Å². The average Bonchev–Trinajstić information content (AvgIpc) is 3.35. The lowest BCUT2D eigenvalue weighted by atomic mass is 10.1. The van der Waals surface area contributed by atoms with E-state index in [1.807, 2.05) is 0 Å². The summed E-state index contributed by atoms with van der Waals surface area (Å²) in [7, 11) is -6.76. The number of rotatable bonds is 60. The lowest BCUT2D eigenvalue weighted by molar-refractivity contribution is 0.340. The molecule has 0 aliphatic heterocycles. The van der Waals surface area contributed by atoms with Crippen LogP contribution in [0.25, 0.3) is 0 Å². The van der Waals surface area contributed by atoms with Crippen LogP contribution in [-0.2, 0) is 8.23 Å². The van der Waals surface area contributed by atoms with Crippen molar-refractivity contribution >= 4 is 25.2 Å². The van der Waals surface area contributed by atoms with E-state index in [0.29, 0.717) is 0 Å². The summed E-state index contributed by atoms with van der Waals surface area (Å²) in [5, 5.41) is 0. The Morgan fingerprint density at radius 3 is 0.449 bits per heavy atom. The molecule has 0 heterocycles. The summed E-state index contributed by atoms with van der Waals surface area (Å²) in [5.41, 5.74) is 0. The molecule has 5 heteroatoms. The van der Waals surface area contributed by atoms with Crippen LogP contribution < -0.4 is 0 Å². The summed E-state index contributed by atoms with van der Waals surface area (Å²) in [6.45, 7) is 19.1. The molecule has 416 valence electrons. The first-order chi connectivity index (χ1) is 33.9. The molecule has 2 nitrogen and oxygen atoms in total. The molecule has 0 unspecified atom stereocenters. The van der Waals surface area contributed by atoms with Crippen molar-refractivity contribution in [3.63, 3.8) is 0 Å². The van der Waals surface area contributed by atoms with Crippen molar-refractivity contribution in [3.8, 4) is 0 Å². The Labute approximate surface area is 443 Å². The summed E-state index contributed by atoms with van der Waals surface area (Å²) in [6.07, 6.45) is 67.7. The molecule has 0 spiro atoms. The van der Waals surface area contributed by atoms with Crippen LogP contribution in [0.3, 0.4) is 0 Å².